The molecule has 2 unspecified atom stereocenters. The van der Waals surface area contributed by atoms with Crippen molar-refractivity contribution in [2.24, 2.45) is 5.92 Å². The largest absolute Gasteiger partial charge is 0.435 e. The first-order chi connectivity index (χ1) is 9.34. The summed E-state index contributed by atoms with van der Waals surface area (Å²) < 4.78 is 5.91. The molecule has 0 aromatic heterocycles. The van der Waals surface area contributed by atoms with Gasteiger partial charge in [0.1, 0.15) is 0 Å². The van der Waals surface area contributed by atoms with E-state index in [-0.39, 0.29) is 0 Å². The van der Waals surface area contributed by atoms with Crippen molar-refractivity contribution in [3.63, 3.8) is 0 Å². The lowest BCUT2D eigenvalue weighted by atomic mass is 9.46. The van der Waals surface area contributed by atoms with Gasteiger partial charge in [-0.3, -0.25) is 0 Å². The smallest absolute Gasteiger partial charge is 0.299 e. The van der Waals surface area contributed by atoms with Gasteiger partial charge in [-0.25, -0.2) is 0 Å². The van der Waals surface area contributed by atoms with Crippen molar-refractivity contribution >= 4 is 12.6 Å². The number of benzene rings is 1. The highest BCUT2D eigenvalue weighted by Crippen LogP contribution is 2.36. The van der Waals surface area contributed by atoms with E-state index in [1.807, 2.05) is 13.8 Å². The summed E-state index contributed by atoms with van der Waals surface area (Å²) in [5.74, 6) is 1.53. The highest BCUT2D eigenvalue weighted by Gasteiger charge is 2.39. The van der Waals surface area contributed by atoms with Crippen molar-refractivity contribution in [1.82, 2.24) is 0 Å². The molecule has 1 aromatic rings. The van der Waals surface area contributed by atoms with E-state index >= 15 is 0 Å². The zero-order chi connectivity index (χ0) is 13.7. The average molecular weight is 259 g/mol. The van der Waals surface area contributed by atoms with Crippen LogP contribution in [0.25, 0.3) is 0 Å². The van der Waals surface area contributed by atoms with Crippen LogP contribution in [0.1, 0.15) is 27.2 Å². The van der Waals surface area contributed by atoms with Gasteiger partial charge in [0, 0.05) is 25.4 Å². The minimum Gasteiger partial charge on any atom is -0.435 e. The Morgan fingerprint density at radius 2 is 1.95 bits per heavy atom. The maximum absolute atomic E-state index is 5.91. The van der Waals surface area contributed by atoms with Crippen LogP contribution in [-0.4, -0.2) is 26.6 Å². The lowest BCUT2D eigenvalue weighted by molar-refractivity contribution is 0.223. The number of para-hydroxylation sites is 1. The van der Waals surface area contributed by atoms with Gasteiger partial charge >= 0.3 is 0 Å². The van der Waals surface area contributed by atoms with Crippen LogP contribution in [0.15, 0.2) is 30.3 Å². The van der Waals surface area contributed by atoms with E-state index in [9.17, 15) is 0 Å². The summed E-state index contributed by atoms with van der Waals surface area (Å²) in [6.45, 7) is 10.2. The molecule has 0 saturated carbocycles. The van der Waals surface area contributed by atoms with E-state index < -0.39 is 0 Å². The first-order valence-electron chi connectivity index (χ1n) is 7.76. The molecule has 0 amide bonds. The van der Waals surface area contributed by atoms with E-state index in [4.69, 9.17) is 4.65 Å². The predicted octanol–water partition coefficient (Wildman–Crippen LogP) is 3.95. The molecule has 1 aromatic carbocycles. The summed E-state index contributed by atoms with van der Waals surface area (Å²) >= 11 is 0. The van der Waals surface area contributed by atoms with Crippen LogP contribution in [0.2, 0.25) is 12.1 Å². The quantitative estimate of drug-likeness (QED) is 0.708. The molecule has 2 saturated heterocycles. The Morgan fingerprint density at radius 3 is 2.68 bits per heavy atom. The second kappa shape index (κ2) is 7.00. The first-order valence-corrected chi connectivity index (χ1v) is 7.76. The molecular formula is C16H26BNO. The van der Waals surface area contributed by atoms with Crippen molar-refractivity contribution in [3.8, 4) is 0 Å². The van der Waals surface area contributed by atoms with Crippen LogP contribution < -0.4 is 4.90 Å². The van der Waals surface area contributed by atoms with Crippen LogP contribution in [-0.2, 0) is 4.65 Å². The lowest BCUT2D eigenvalue weighted by Gasteiger charge is -2.43. The van der Waals surface area contributed by atoms with Gasteiger partial charge in [-0.2, -0.15) is 0 Å². The maximum Gasteiger partial charge on any atom is 0.299 e. The van der Waals surface area contributed by atoms with Gasteiger partial charge in [-0.15, -0.1) is 0 Å². The van der Waals surface area contributed by atoms with E-state index in [0.717, 1.165) is 31.4 Å². The van der Waals surface area contributed by atoms with E-state index in [0.29, 0.717) is 6.92 Å². The van der Waals surface area contributed by atoms with Crippen LogP contribution >= 0.6 is 0 Å². The van der Waals surface area contributed by atoms with Crippen LogP contribution in [0.4, 0.5) is 5.69 Å². The number of fused-ring (bicyclic) bond motifs is 1. The molecule has 19 heavy (non-hydrogen) atoms. The summed E-state index contributed by atoms with van der Waals surface area (Å²) in [5.41, 5.74) is 1.36. The minimum atomic E-state index is 0.513. The molecular weight excluding hydrogens is 233 g/mol. The summed E-state index contributed by atoms with van der Waals surface area (Å²) in [6.07, 6.45) is 2.41. The fourth-order valence-corrected chi connectivity index (χ4v) is 3.21. The summed E-state index contributed by atoms with van der Waals surface area (Å²) in [6, 6.07) is 10.8. The van der Waals surface area contributed by atoms with Crippen molar-refractivity contribution in [2.75, 3.05) is 24.6 Å². The zero-order valence-electron chi connectivity index (χ0n) is 12.5. The van der Waals surface area contributed by atoms with Gasteiger partial charge < -0.3 is 9.55 Å². The van der Waals surface area contributed by atoms with Crippen LogP contribution in [0.3, 0.4) is 0 Å². The summed E-state index contributed by atoms with van der Waals surface area (Å²) in [4.78, 5) is 2.52. The Morgan fingerprint density at radius 1 is 1.21 bits per heavy atom. The summed E-state index contributed by atoms with van der Waals surface area (Å²) in [7, 11) is 0. The molecule has 2 nitrogen and oxygen atoms in total. The number of hydrogen-bond donors (Lipinski definition) is 0. The molecule has 2 heterocycles. The van der Waals surface area contributed by atoms with Gasteiger partial charge in [-0.05, 0) is 36.6 Å². The van der Waals surface area contributed by atoms with Crippen molar-refractivity contribution in [3.05, 3.63) is 30.3 Å². The lowest BCUT2D eigenvalue weighted by Crippen LogP contribution is -2.48. The standard InChI is InChI=1S/C14H20BNO.C2H6/c1-12-7-10-17-15-8-9-16(11-14(12)15)13-5-3-2-4-6-13;1-2/h2-6,12,14H,7-11H2,1H3;1-2H3. The number of hydrogen-bond acceptors (Lipinski definition) is 2. The molecule has 0 radical (unpaired) electrons. The van der Waals surface area contributed by atoms with Crippen molar-refractivity contribution in [1.29, 1.82) is 0 Å². The molecule has 0 spiro atoms. The van der Waals surface area contributed by atoms with E-state index in [1.54, 1.807) is 0 Å². The molecule has 2 atom stereocenters. The second-order valence-electron chi connectivity index (χ2n) is 5.41. The van der Waals surface area contributed by atoms with Gasteiger partial charge in [0.2, 0.25) is 0 Å². The molecule has 3 rings (SSSR count). The predicted molar refractivity (Wildman–Crippen MR) is 84.0 cm³/mol. The highest BCUT2D eigenvalue weighted by atomic mass is 16.4. The Kier molecular flexibility index (Phi) is 5.32. The van der Waals surface area contributed by atoms with Gasteiger partial charge in [-0.1, -0.05) is 39.0 Å². The fourth-order valence-electron chi connectivity index (χ4n) is 3.21. The molecule has 2 fully saturated rings. The third-order valence-corrected chi connectivity index (χ3v) is 4.35. The Balaban J connectivity index is 0.000000637. The molecule has 2 aliphatic heterocycles. The highest BCUT2D eigenvalue weighted by molar-refractivity contribution is 6.54. The molecule has 3 heteroatoms. The molecule has 0 N–H and O–H groups in total. The Hall–Kier alpha value is -0.955. The molecule has 0 aliphatic carbocycles. The van der Waals surface area contributed by atoms with Gasteiger partial charge in [0.05, 0.1) is 0 Å². The summed E-state index contributed by atoms with van der Waals surface area (Å²) in [5, 5.41) is 0. The Bertz CT molecular complexity index is 370. The van der Waals surface area contributed by atoms with Crippen LogP contribution in [0, 0.1) is 5.92 Å². The van der Waals surface area contributed by atoms with Crippen molar-refractivity contribution < 1.29 is 4.65 Å². The normalized spacial score (nSPS) is 26.3. The van der Waals surface area contributed by atoms with Gasteiger partial charge in [0.15, 0.2) is 0 Å². The number of anilines is 1. The van der Waals surface area contributed by atoms with E-state index in [2.05, 4.69) is 42.2 Å². The van der Waals surface area contributed by atoms with Gasteiger partial charge in [0.25, 0.3) is 6.92 Å². The molecule has 104 valence electrons. The topological polar surface area (TPSA) is 12.5 Å². The third kappa shape index (κ3) is 3.33. The van der Waals surface area contributed by atoms with Crippen LogP contribution in [0.5, 0.6) is 0 Å². The molecule has 2 aliphatic rings. The monoisotopic (exact) mass is 259 g/mol. The fraction of sp³-hybridized carbons (Fsp3) is 0.625. The minimum absolute atomic E-state index is 0.513. The van der Waals surface area contributed by atoms with Crippen molar-refractivity contribution in [2.45, 2.75) is 39.3 Å². The first kappa shape index (κ1) is 14.5. The zero-order valence-corrected chi connectivity index (χ0v) is 12.5. The number of nitrogens with zero attached hydrogens (tertiary/aromatic N) is 1. The SMILES string of the molecule is CC.CC1CCOB2CCN(c3ccccc3)CC21. The average Bonchev–Trinajstić information content (AvgIpc) is 2.50. The Labute approximate surface area is 118 Å². The number of rotatable bonds is 1. The third-order valence-electron chi connectivity index (χ3n) is 4.35. The molecule has 0 bridgehead atoms. The maximum atomic E-state index is 5.91. The van der Waals surface area contributed by atoms with E-state index in [1.165, 1.54) is 18.4 Å². The second-order valence-corrected chi connectivity index (χ2v) is 5.41.